The van der Waals surface area contributed by atoms with E-state index in [2.05, 4.69) is 4.98 Å². The lowest BCUT2D eigenvalue weighted by Crippen LogP contribution is -1.98. The summed E-state index contributed by atoms with van der Waals surface area (Å²) in [5, 5.41) is 0. The first kappa shape index (κ1) is 8.11. The largest absolute Gasteiger partial charge is 0.255 e. The molecule has 1 aromatic heterocycles. The predicted molar refractivity (Wildman–Crippen MR) is 38.3 cm³/mol. The maximum absolute atomic E-state index is 13.0. The molecule has 0 aliphatic heterocycles. The van der Waals surface area contributed by atoms with Crippen LogP contribution in [0.15, 0.2) is 6.20 Å². The molecule has 0 radical (unpaired) electrons. The first-order valence-corrected chi connectivity index (χ1v) is 3.46. The zero-order chi connectivity index (χ0) is 8.43. The molecule has 0 spiro atoms. The second kappa shape index (κ2) is 2.95. The smallest absolute Gasteiger partial charge is 0.150 e. The van der Waals surface area contributed by atoms with Gasteiger partial charge in [-0.05, 0) is 13.3 Å². The Morgan fingerprint density at radius 3 is 2.55 bits per heavy atom. The minimum absolute atomic E-state index is 0.123. The number of hydrogen-bond donors (Lipinski definition) is 0. The second-order valence-electron chi connectivity index (χ2n) is 2.34. The summed E-state index contributed by atoms with van der Waals surface area (Å²) in [6.07, 6.45) is 1.41. The van der Waals surface area contributed by atoms with E-state index in [0.29, 0.717) is 6.42 Å². The Labute approximate surface area is 64.1 Å². The van der Waals surface area contributed by atoms with E-state index in [9.17, 15) is 8.78 Å². The fraction of sp³-hybridized carbons (Fsp3) is 0.375. The van der Waals surface area contributed by atoms with Gasteiger partial charge in [0.25, 0.3) is 0 Å². The van der Waals surface area contributed by atoms with Gasteiger partial charge in [-0.1, -0.05) is 6.92 Å². The highest BCUT2D eigenvalue weighted by molar-refractivity contribution is 5.19. The lowest BCUT2D eigenvalue weighted by molar-refractivity contribution is 0.541. The first-order chi connectivity index (χ1) is 5.16. The van der Waals surface area contributed by atoms with Gasteiger partial charge in [0.2, 0.25) is 0 Å². The Bertz CT molecular complexity index is 271. The van der Waals surface area contributed by atoms with E-state index in [0.717, 1.165) is 6.20 Å². The van der Waals surface area contributed by atoms with E-state index in [-0.39, 0.29) is 11.3 Å². The Morgan fingerprint density at radius 2 is 2.09 bits per heavy atom. The lowest BCUT2D eigenvalue weighted by Gasteiger charge is -2.02. The maximum Gasteiger partial charge on any atom is 0.150 e. The van der Waals surface area contributed by atoms with Crippen LogP contribution in [0.25, 0.3) is 0 Å². The average molecular weight is 157 g/mol. The molecule has 0 atom stereocenters. The Hall–Kier alpha value is -0.990. The molecule has 3 heteroatoms. The van der Waals surface area contributed by atoms with Crippen molar-refractivity contribution in [2.45, 2.75) is 20.3 Å². The SMILES string of the molecule is CCc1c(F)cnc(C)c1F. The fourth-order valence-electron chi connectivity index (χ4n) is 0.935. The monoisotopic (exact) mass is 157 g/mol. The van der Waals surface area contributed by atoms with Crippen molar-refractivity contribution in [3.05, 3.63) is 29.1 Å². The van der Waals surface area contributed by atoms with Gasteiger partial charge in [-0.25, -0.2) is 8.78 Å². The quantitative estimate of drug-likeness (QED) is 0.609. The first-order valence-electron chi connectivity index (χ1n) is 3.46. The van der Waals surface area contributed by atoms with Gasteiger partial charge < -0.3 is 0 Å². The van der Waals surface area contributed by atoms with Crippen molar-refractivity contribution in [1.29, 1.82) is 0 Å². The Kier molecular flexibility index (Phi) is 2.17. The summed E-state index contributed by atoms with van der Waals surface area (Å²) in [5.41, 5.74) is 0.376. The Morgan fingerprint density at radius 1 is 1.45 bits per heavy atom. The number of nitrogens with zero attached hydrogens (tertiary/aromatic N) is 1. The van der Waals surface area contributed by atoms with Crippen molar-refractivity contribution in [3.8, 4) is 0 Å². The van der Waals surface area contributed by atoms with Crippen LogP contribution in [0.3, 0.4) is 0 Å². The minimum atomic E-state index is -0.560. The van der Waals surface area contributed by atoms with Gasteiger partial charge in [-0.3, -0.25) is 4.98 Å². The van der Waals surface area contributed by atoms with Crippen LogP contribution in [0.1, 0.15) is 18.2 Å². The van der Waals surface area contributed by atoms with Crippen LogP contribution >= 0.6 is 0 Å². The van der Waals surface area contributed by atoms with Crippen LogP contribution in [0.2, 0.25) is 0 Å². The number of rotatable bonds is 1. The molecule has 0 amide bonds. The molecule has 0 bridgehead atoms. The molecule has 60 valence electrons. The molecular weight excluding hydrogens is 148 g/mol. The summed E-state index contributed by atoms with van der Waals surface area (Å²) < 4.78 is 25.7. The summed E-state index contributed by atoms with van der Waals surface area (Å²) in [6, 6.07) is 0. The molecule has 0 N–H and O–H groups in total. The van der Waals surface area contributed by atoms with Crippen molar-refractivity contribution in [1.82, 2.24) is 4.98 Å². The summed E-state index contributed by atoms with van der Waals surface area (Å²) in [4.78, 5) is 3.54. The number of hydrogen-bond acceptors (Lipinski definition) is 1. The van der Waals surface area contributed by atoms with Gasteiger partial charge in [0.1, 0.15) is 11.6 Å². The molecule has 1 heterocycles. The van der Waals surface area contributed by atoms with E-state index in [1.54, 1.807) is 6.92 Å². The number of aryl methyl sites for hydroxylation is 1. The molecule has 0 saturated heterocycles. The third kappa shape index (κ3) is 1.37. The molecule has 0 fully saturated rings. The average Bonchev–Trinajstić information content (AvgIpc) is 1.99. The van der Waals surface area contributed by atoms with Gasteiger partial charge in [0.05, 0.1) is 11.9 Å². The fourth-order valence-corrected chi connectivity index (χ4v) is 0.935. The van der Waals surface area contributed by atoms with Crippen LogP contribution in [-0.4, -0.2) is 4.98 Å². The van der Waals surface area contributed by atoms with E-state index in [1.807, 2.05) is 0 Å². The molecule has 0 saturated carbocycles. The molecule has 0 aliphatic carbocycles. The van der Waals surface area contributed by atoms with Crippen molar-refractivity contribution in [2.75, 3.05) is 0 Å². The van der Waals surface area contributed by atoms with Crippen LogP contribution < -0.4 is 0 Å². The maximum atomic E-state index is 13.0. The zero-order valence-electron chi connectivity index (χ0n) is 6.49. The minimum Gasteiger partial charge on any atom is -0.255 e. The van der Waals surface area contributed by atoms with Crippen molar-refractivity contribution in [2.24, 2.45) is 0 Å². The number of halogens is 2. The highest BCUT2D eigenvalue weighted by Crippen LogP contribution is 2.13. The second-order valence-corrected chi connectivity index (χ2v) is 2.34. The summed E-state index contributed by atoms with van der Waals surface area (Å²) in [7, 11) is 0. The molecule has 0 aliphatic rings. The molecule has 1 nitrogen and oxygen atoms in total. The third-order valence-corrected chi connectivity index (χ3v) is 1.60. The van der Waals surface area contributed by atoms with Gasteiger partial charge in [-0.15, -0.1) is 0 Å². The summed E-state index contributed by atoms with van der Waals surface area (Å²) in [6.45, 7) is 3.23. The van der Waals surface area contributed by atoms with Crippen molar-refractivity contribution < 1.29 is 8.78 Å². The van der Waals surface area contributed by atoms with Crippen LogP contribution in [0, 0.1) is 18.6 Å². The number of pyridine rings is 1. The van der Waals surface area contributed by atoms with Crippen molar-refractivity contribution in [3.63, 3.8) is 0 Å². The standard InChI is InChI=1S/C8H9F2N/c1-3-6-7(9)4-11-5(2)8(6)10/h4H,3H2,1-2H3. The normalized spacial score (nSPS) is 10.2. The van der Waals surface area contributed by atoms with Gasteiger partial charge >= 0.3 is 0 Å². The van der Waals surface area contributed by atoms with Crippen LogP contribution in [-0.2, 0) is 6.42 Å². The van der Waals surface area contributed by atoms with E-state index in [1.165, 1.54) is 6.92 Å². The summed E-state index contributed by atoms with van der Waals surface area (Å²) in [5.74, 6) is -1.08. The summed E-state index contributed by atoms with van der Waals surface area (Å²) >= 11 is 0. The van der Waals surface area contributed by atoms with Crippen LogP contribution in [0.4, 0.5) is 8.78 Å². The van der Waals surface area contributed by atoms with E-state index < -0.39 is 11.6 Å². The predicted octanol–water partition coefficient (Wildman–Crippen LogP) is 2.23. The molecule has 0 unspecified atom stereocenters. The van der Waals surface area contributed by atoms with Gasteiger partial charge in [0.15, 0.2) is 0 Å². The topological polar surface area (TPSA) is 12.9 Å². The number of aromatic nitrogens is 1. The highest BCUT2D eigenvalue weighted by atomic mass is 19.1. The molecule has 1 aromatic rings. The van der Waals surface area contributed by atoms with Gasteiger partial charge in [-0.2, -0.15) is 0 Å². The molecule has 11 heavy (non-hydrogen) atoms. The van der Waals surface area contributed by atoms with Crippen molar-refractivity contribution >= 4 is 0 Å². The molecular formula is C8H9F2N. The van der Waals surface area contributed by atoms with E-state index >= 15 is 0 Å². The van der Waals surface area contributed by atoms with E-state index in [4.69, 9.17) is 0 Å². The third-order valence-electron chi connectivity index (χ3n) is 1.60. The van der Waals surface area contributed by atoms with Gasteiger partial charge in [0, 0.05) is 5.56 Å². The molecule has 1 rings (SSSR count). The highest BCUT2D eigenvalue weighted by Gasteiger charge is 2.09. The van der Waals surface area contributed by atoms with Crippen LogP contribution in [0.5, 0.6) is 0 Å². The Balaban J connectivity index is 3.29. The molecule has 0 aromatic carbocycles. The lowest BCUT2D eigenvalue weighted by atomic mass is 10.1. The zero-order valence-corrected chi connectivity index (χ0v) is 6.49.